The van der Waals surface area contributed by atoms with Crippen molar-refractivity contribution >= 4 is 29.0 Å². The molecule has 0 bridgehead atoms. The summed E-state index contributed by atoms with van der Waals surface area (Å²) in [5.41, 5.74) is -4.09. The van der Waals surface area contributed by atoms with Crippen LogP contribution in [0.4, 0.5) is 43.5 Å². The van der Waals surface area contributed by atoms with Crippen molar-refractivity contribution in [3.8, 4) is 0 Å². The quantitative estimate of drug-likeness (QED) is 0.313. The molecule has 11 nitrogen and oxygen atoms in total. The number of amides is 2. The number of hydrogen-bond donors (Lipinski definition) is 2. The average molecular weight is 646 g/mol. The number of nitrogens with zero attached hydrogens (tertiary/aromatic N) is 5. The predicted octanol–water partition coefficient (Wildman–Crippen LogP) is 3.66. The second kappa shape index (κ2) is 12.8. The molecule has 2 fully saturated rings. The Labute approximate surface area is 253 Å². The first-order chi connectivity index (χ1) is 21.2. The highest BCUT2D eigenvalue weighted by Gasteiger charge is 2.45. The smallest absolute Gasteiger partial charge is 0.379 e. The molecule has 0 spiro atoms. The molecule has 0 unspecified atom stereocenters. The highest BCUT2D eigenvalue weighted by molar-refractivity contribution is 6.05. The van der Waals surface area contributed by atoms with Gasteiger partial charge in [0.1, 0.15) is 11.6 Å². The monoisotopic (exact) mass is 645 g/mol. The van der Waals surface area contributed by atoms with Crippen LogP contribution in [0.25, 0.3) is 0 Å². The molecule has 1 saturated heterocycles. The summed E-state index contributed by atoms with van der Waals surface area (Å²) in [6.07, 6.45) is -4.22. The largest absolute Gasteiger partial charge is 0.423 e. The summed E-state index contributed by atoms with van der Waals surface area (Å²) >= 11 is 0. The van der Waals surface area contributed by atoms with Gasteiger partial charge >= 0.3 is 12.4 Å². The van der Waals surface area contributed by atoms with E-state index >= 15 is 0 Å². The number of carbonyl (C=O) groups is 2. The number of aromatic nitrogens is 3. The van der Waals surface area contributed by atoms with Crippen molar-refractivity contribution in [1.29, 1.82) is 0 Å². The number of fused-ring (bicyclic) bond motifs is 3. The van der Waals surface area contributed by atoms with Gasteiger partial charge in [-0.2, -0.15) is 31.4 Å². The normalized spacial score (nSPS) is 19.8. The molecule has 2 N–H and O–H groups in total. The van der Waals surface area contributed by atoms with Gasteiger partial charge in [0.05, 0.1) is 49.3 Å². The zero-order valence-corrected chi connectivity index (χ0v) is 24.4. The molecule has 3 aliphatic rings. The van der Waals surface area contributed by atoms with Crippen LogP contribution in [0.5, 0.6) is 0 Å². The van der Waals surface area contributed by atoms with Crippen LogP contribution in [0, 0.1) is 5.92 Å². The van der Waals surface area contributed by atoms with E-state index < -0.39 is 46.8 Å². The Morgan fingerprint density at radius 3 is 2.53 bits per heavy atom. The molecule has 1 saturated carbocycles. The zero-order chi connectivity index (χ0) is 32.5. The van der Waals surface area contributed by atoms with Crippen LogP contribution < -0.4 is 20.7 Å². The molecule has 17 heteroatoms. The summed E-state index contributed by atoms with van der Waals surface area (Å²) in [5, 5.41) is 7.72. The van der Waals surface area contributed by atoms with E-state index in [2.05, 4.69) is 15.4 Å². The molecule has 45 heavy (non-hydrogen) atoms. The van der Waals surface area contributed by atoms with Crippen LogP contribution >= 0.6 is 0 Å². The van der Waals surface area contributed by atoms with Crippen LogP contribution in [-0.4, -0.2) is 83.4 Å². The van der Waals surface area contributed by atoms with Crippen LogP contribution in [0.1, 0.15) is 50.2 Å². The molecule has 246 valence electrons. The third-order valence-electron chi connectivity index (χ3n) is 8.31. The van der Waals surface area contributed by atoms with Crippen molar-refractivity contribution in [1.82, 2.24) is 20.1 Å². The summed E-state index contributed by atoms with van der Waals surface area (Å²) in [6.45, 7) is 2.11. The number of carbonyl (C=O) groups excluding carboxylic acids is 2. The molecular formula is C28H33F6N7O4. The third-order valence-corrected chi connectivity index (χ3v) is 8.31. The van der Waals surface area contributed by atoms with E-state index in [1.807, 2.05) is 0 Å². The van der Waals surface area contributed by atoms with Crippen molar-refractivity contribution in [2.24, 2.45) is 5.92 Å². The third kappa shape index (κ3) is 7.17. The van der Waals surface area contributed by atoms with Crippen molar-refractivity contribution < 1.29 is 40.7 Å². The summed E-state index contributed by atoms with van der Waals surface area (Å²) in [5.74, 6) is -0.240. The number of hydrogen-bond acceptors (Lipinski definition) is 8. The van der Waals surface area contributed by atoms with Crippen LogP contribution in [0.3, 0.4) is 0 Å². The van der Waals surface area contributed by atoms with Gasteiger partial charge in [0, 0.05) is 31.9 Å². The van der Waals surface area contributed by atoms with E-state index in [0.29, 0.717) is 0 Å². The van der Waals surface area contributed by atoms with Gasteiger partial charge in [-0.05, 0) is 31.7 Å². The highest BCUT2D eigenvalue weighted by atomic mass is 19.4. The molecule has 4 heterocycles. The predicted molar refractivity (Wildman–Crippen MR) is 150 cm³/mol. The van der Waals surface area contributed by atoms with Crippen molar-refractivity contribution in [3.63, 3.8) is 0 Å². The summed E-state index contributed by atoms with van der Waals surface area (Å²) in [6, 6.07) is -0.493. The SMILES string of the molecule is C[C@@H](COCCC(=O)N1CCN2c3ncc(C(F)(F)F)cc3N(CC3CCCC3)C(=O)[C@@H]2C1)Nc1cn[nH]c(=O)c1C(F)(F)F. The second-order valence-corrected chi connectivity index (χ2v) is 11.6. The average Bonchev–Trinajstić information content (AvgIpc) is 3.49. The van der Waals surface area contributed by atoms with Crippen molar-refractivity contribution in [3.05, 3.63) is 39.9 Å². The van der Waals surface area contributed by atoms with Crippen LogP contribution in [-0.2, 0) is 26.7 Å². The zero-order valence-electron chi connectivity index (χ0n) is 24.4. The molecule has 2 aromatic rings. The van der Waals surface area contributed by atoms with Crippen molar-refractivity contribution in [2.45, 2.75) is 63.5 Å². The van der Waals surface area contributed by atoms with Gasteiger partial charge < -0.3 is 24.8 Å². The minimum atomic E-state index is -4.90. The fraction of sp³-hybridized carbons (Fsp3) is 0.607. The Bertz CT molecular complexity index is 1460. The van der Waals surface area contributed by atoms with Gasteiger partial charge in [0.2, 0.25) is 5.91 Å². The van der Waals surface area contributed by atoms with Gasteiger partial charge in [0.25, 0.3) is 11.5 Å². The molecule has 0 aromatic carbocycles. The highest BCUT2D eigenvalue weighted by Crippen LogP contribution is 2.41. The Balaban J connectivity index is 1.19. The topological polar surface area (TPSA) is 124 Å². The number of H-pyrrole nitrogens is 1. The lowest BCUT2D eigenvalue weighted by molar-refractivity contribution is -0.138. The Morgan fingerprint density at radius 2 is 1.84 bits per heavy atom. The molecule has 2 amide bonds. The molecule has 2 aromatic heterocycles. The van der Waals surface area contributed by atoms with Gasteiger partial charge in [-0.15, -0.1) is 0 Å². The Kier molecular flexibility index (Phi) is 9.28. The van der Waals surface area contributed by atoms with Gasteiger partial charge in [-0.25, -0.2) is 10.1 Å². The number of rotatable bonds is 9. The van der Waals surface area contributed by atoms with E-state index in [-0.39, 0.29) is 75.1 Å². The Hall–Kier alpha value is -3.89. The number of halogens is 6. The second-order valence-electron chi connectivity index (χ2n) is 11.6. The van der Waals surface area contributed by atoms with Gasteiger partial charge in [0.15, 0.2) is 5.82 Å². The molecule has 5 rings (SSSR count). The maximum atomic E-state index is 13.7. The lowest BCUT2D eigenvalue weighted by Crippen LogP contribution is -2.64. The lowest BCUT2D eigenvalue weighted by Gasteiger charge is -2.47. The molecule has 0 radical (unpaired) electrons. The number of piperazine rings is 1. The van der Waals surface area contributed by atoms with Crippen LogP contribution in [0.15, 0.2) is 23.3 Å². The summed E-state index contributed by atoms with van der Waals surface area (Å²) < 4.78 is 85.9. The minimum absolute atomic E-state index is 0.0225. The number of pyridine rings is 1. The van der Waals surface area contributed by atoms with Crippen LogP contribution in [0.2, 0.25) is 0 Å². The first-order valence-corrected chi connectivity index (χ1v) is 14.7. The number of aromatic amines is 1. The summed E-state index contributed by atoms with van der Waals surface area (Å²) in [4.78, 5) is 47.1. The first-order valence-electron chi connectivity index (χ1n) is 14.7. The summed E-state index contributed by atoms with van der Waals surface area (Å²) in [7, 11) is 0. The van der Waals surface area contributed by atoms with E-state index in [0.717, 1.165) is 44.1 Å². The van der Waals surface area contributed by atoms with Gasteiger partial charge in [-0.3, -0.25) is 14.4 Å². The molecule has 2 aliphatic heterocycles. The minimum Gasteiger partial charge on any atom is -0.379 e. The van der Waals surface area contributed by atoms with Crippen molar-refractivity contribution in [2.75, 3.05) is 54.5 Å². The number of ether oxygens (including phenoxy) is 1. The first kappa shape index (κ1) is 32.5. The lowest BCUT2D eigenvalue weighted by atomic mass is 10.0. The standard InChI is InChI=1S/C28H33F6N7O4/c1-16(37-19-12-36-38-25(43)23(19)28(32,33)34)15-45-9-6-22(42)39-7-8-40-21(14-39)26(44)41(13-17-4-2-3-5-17)20-10-18(27(29,30)31)11-35-24(20)40/h10-12,16-17,21H,2-9,13-15H2,1H3,(H2,37,38,43)/t16-,21-/m0/s1. The fourth-order valence-electron chi connectivity index (χ4n) is 6.11. The number of anilines is 3. The fourth-order valence-corrected chi connectivity index (χ4v) is 6.11. The number of alkyl halides is 6. The van der Waals surface area contributed by atoms with Gasteiger partial charge in [-0.1, -0.05) is 12.8 Å². The Morgan fingerprint density at radius 1 is 1.11 bits per heavy atom. The maximum Gasteiger partial charge on any atom is 0.423 e. The molecule has 1 aliphatic carbocycles. The molecule has 2 atom stereocenters. The molecular weight excluding hydrogens is 612 g/mol. The number of nitrogens with one attached hydrogen (secondary N) is 2. The van der Waals surface area contributed by atoms with E-state index in [4.69, 9.17) is 4.74 Å². The van der Waals surface area contributed by atoms with E-state index in [1.165, 1.54) is 16.7 Å². The van der Waals surface area contributed by atoms with E-state index in [9.17, 15) is 40.7 Å². The van der Waals surface area contributed by atoms with E-state index in [1.54, 1.807) is 10.00 Å². The maximum absolute atomic E-state index is 13.7.